The Labute approximate surface area is 172 Å². The number of fused-ring (bicyclic) bond motifs is 1. The van der Waals surface area contributed by atoms with E-state index in [0.29, 0.717) is 29.3 Å². The van der Waals surface area contributed by atoms with Crippen LogP contribution in [0.15, 0.2) is 75.2 Å². The van der Waals surface area contributed by atoms with Crippen LogP contribution in [0.2, 0.25) is 0 Å². The molecule has 0 saturated carbocycles. The average molecular weight is 404 g/mol. The van der Waals surface area contributed by atoms with Crippen LogP contribution in [0.3, 0.4) is 0 Å². The number of nitrogens with one attached hydrogen (secondary N) is 1. The fraction of sp³-hybridized carbons (Fsp3) is 0.174. The molecule has 4 aromatic rings. The fourth-order valence-corrected chi connectivity index (χ4v) is 4.12. The molecule has 0 fully saturated rings. The van der Waals surface area contributed by atoms with Crippen molar-refractivity contribution in [2.45, 2.75) is 24.9 Å². The predicted molar refractivity (Wildman–Crippen MR) is 115 cm³/mol. The summed E-state index contributed by atoms with van der Waals surface area (Å²) in [5.41, 5.74) is 2.41. The first-order valence-corrected chi connectivity index (χ1v) is 10.4. The molecule has 5 nitrogen and oxygen atoms in total. The maximum Gasteiger partial charge on any atom is 0.254 e. The van der Waals surface area contributed by atoms with Gasteiger partial charge in [-0.3, -0.25) is 9.59 Å². The SMILES string of the molecule is CCc1c(Cc2cccc3ccccc23)nc(SCC(=O)c2ccco2)[nH]c1=O. The summed E-state index contributed by atoms with van der Waals surface area (Å²) in [6.45, 7) is 1.95. The van der Waals surface area contributed by atoms with Gasteiger partial charge in [-0.2, -0.15) is 0 Å². The van der Waals surface area contributed by atoms with Crippen molar-refractivity contribution in [1.82, 2.24) is 9.97 Å². The summed E-state index contributed by atoms with van der Waals surface area (Å²) in [5, 5.41) is 2.76. The molecule has 2 aromatic carbocycles. The van der Waals surface area contributed by atoms with Crippen molar-refractivity contribution in [3.8, 4) is 0 Å². The van der Waals surface area contributed by atoms with Gasteiger partial charge in [-0.25, -0.2) is 4.98 Å². The third-order valence-corrected chi connectivity index (χ3v) is 5.68. The van der Waals surface area contributed by atoms with E-state index in [0.717, 1.165) is 22.0 Å². The van der Waals surface area contributed by atoms with E-state index in [2.05, 4.69) is 34.2 Å². The number of aromatic amines is 1. The topological polar surface area (TPSA) is 76.0 Å². The van der Waals surface area contributed by atoms with Gasteiger partial charge in [-0.1, -0.05) is 61.2 Å². The molecule has 0 radical (unpaired) electrons. The van der Waals surface area contributed by atoms with Crippen LogP contribution < -0.4 is 5.56 Å². The van der Waals surface area contributed by atoms with Gasteiger partial charge in [0.15, 0.2) is 10.9 Å². The molecule has 0 aliphatic heterocycles. The van der Waals surface area contributed by atoms with E-state index < -0.39 is 0 Å². The second kappa shape index (κ2) is 8.49. The highest BCUT2D eigenvalue weighted by Gasteiger charge is 2.15. The molecule has 4 rings (SSSR count). The van der Waals surface area contributed by atoms with E-state index in [1.807, 2.05) is 25.1 Å². The summed E-state index contributed by atoms with van der Waals surface area (Å²) in [4.78, 5) is 32.3. The molecular formula is C23H20N2O3S. The molecule has 0 spiro atoms. The number of hydrogen-bond donors (Lipinski definition) is 1. The number of hydrogen-bond acceptors (Lipinski definition) is 5. The predicted octanol–water partition coefficient (Wildman–Crippen LogP) is 4.64. The lowest BCUT2D eigenvalue weighted by Gasteiger charge is -2.11. The first kappa shape index (κ1) is 19.2. The summed E-state index contributed by atoms with van der Waals surface area (Å²) in [7, 11) is 0. The Bertz CT molecular complexity index is 1210. The van der Waals surface area contributed by atoms with Gasteiger partial charge in [0.1, 0.15) is 0 Å². The quantitative estimate of drug-likeness (QED) is 0.276. The van der Waals surface area contributed by atoms with E-state index in [9.17, 15) is 9.59 Å². The molecule has 0 atom stereocenters. The minimum atomic E-state index is -0.148. The van der Waals surface area contributed by atoms with Crippen LogP contribution in [0.1, 0.15) is 34.3 Å². The highest BCUT2D eigenvalue weighted by molar-refractivity contribution is 7.99. The van der Waals surface area contributed by atoms with E-state index in [1.165, 1.54) is 18.0 Å². The van der Waals surface area contributed by atoms with Gasteiger partial charge in [-0.15, -0.1) is 0 Å². The normalized spacial score (nSPS) is 11.1. The number of carbonyl (C=O) groups is 1. The molecule has 1 N–H and O–H groups in total. The standard InChI is InChI=1S/C23H20N2O3S/c1-2-17-19(13-16-9-5-8-15-7-3-4-10-18(15)16)24-23(25-22(17)27)29-14-20(26)21-11-6-12-28-21/h3-12H,2,13-14H2,1H3,(H,24,25,27). The number of H-pyrrole nitrogens is 1. The third kappa shape index (κ3) is 4.17. The zero-order valence-electron chi connectivity index (χ0n) is 16.0. The molecule has 6 heteroatoms. The van der Waals surface area contributed by atoms with Gasteiger partial charge >= 0.3 is 0 Å². The second-order valence-corrected chi connectivity index (χ2v) is 7.62. The van der Waals surface area contributed by atoms with E-state index >= 15 is 0 Å². The van der Waals surface area contributed by atoms with Gasteiger partial charge in [0.25, 0.3) is 5.56 Å². The lowest BCUT2D eigenvalue weighted by atomic mass is 9.99. The Morgan fingerprint density at radius 3 is 2.72 bits per heavy atom. The minimum Gasteiger partial charge on any atom is -0.461 e. The van der Waals surface area contributed by atoms with Crippen LogP contribution in [0.5, 0.6) is 0 Å². The van der Waals surface area contributed by atoms with Crippen molar-refractivity contribution >= 4 is 28.3 Å². The summed E-state index contributed by atoms with van der Waals surface area (Å²) in [5.74, 6) is 0.314. The maximum atomic E-state index is 12.6. The number of aromatic nitrogens is 2. The molecule has 0 bridgehead atoms. The van der Waals surface area contributed by atoms with Crippen LogP contribution in [-0.2, 0) is 12.8 Å². The molecule has 0 unspecified atom stereocenters. The van der Waals surface area contributed by atoms with E-state index in [4.69, 9.17) is 4.42 Å². The number of thioether (sulfide) groups is 1. The Balaban J connectivity index is 1.63. The molecule has 2 aromatic heterocycles. The Morgan fingerprint density at radius 1 is 1.10 bits per heavy atom. The highest BCUT2D eigenvalue weighted by Crippen LogP contribution is 2.23. The number of rotatable bonds is 7. The Hall–Kier alpha value is -3.12. The van der Waals surface area contributed by atoms with Crippen LogP contribution >= 0.6 is 11.8 Å². The number of nitrogens with zero attached hydrogens (tertiary/aromatic N) is 1. The highest BCUT2D eigenvalue weighted by atomic mass is 32.2. The van der Waals surface area contributed by atoms with Crippen molar-refractivity contribution in [2.75, 3.05) is 5.75 Å². The van der Waals surface area contributed by atoms with E-state index in [1.54, 1.807) is 12.1 Å². The van der Waals surface area contributed by atoms with Crippen molar-refractivity contribution in [2.24, 2.45) is 0 Å². The monoisotopic (exact) mass is 404 g/mol. The molecule has 146 valence electrons. The lowest BCUT2D eigenvalue weighted by molar-refractivity contribution is 0.0992. The first-order chi connectivity index (χ1) is 14.2. The number of benzene rings is 2. The van der Waals surface area contributed by atoms with Gasteiger partial charge < -0.3 is 9.40 Å². The molecule has 0 aliphatic rings. The van der Waals surface area contributed by atoms with Crippen LogP contribution in [0, 0.1) is 0 Å². The van der Waals surface area contributed by atoms with Crippen LogP contribution in [0.4, 0.5) is 0 Å². The fourth-order valence-electron chi connectivity index (χ4n) is 3.37. The van der Waals surface area contributed by atoms with Gasteiger partial charge in [-0.05, 0) is 34.9 Å². The smallest absolute Gasteiger partial charge is 0.254 e. The average Bonchev–Trinajstić information content (AvgIpc) is 3.27. The maximum absolute atomic E-state index is 12.6. The van der Waals surface area contributed by atoms with Crippen molar-refractivity contribution in [3.63, 3.8) is 0 Å². The van der Waals surface area contributed by atoms with E-state index in [-0.39, 0.29) is 17.1 Å². The van der Waals surface area contributed by atoms with Crippen molar-refractivity contribution in [3.05, 3.63) is 93.8 Å². The van der Waals surface area contributed by atoms with Gasteiger partial charge in [0, 0.05) is 12.0 Å². The Kier molecular flexibility index (Phi) is 5.62. The van der Waals surface area contributed by atoms with Crippen molar-refractivity contribution < 1.29 is 9.21 Å². The number of Topliss-reactive ketones (excluding diaryl/α,β-unsaturated/α-hetero) is 1. The number of ketones is 1. The Morgan fingerprint density at radius 2 is 1.93 bits per heavy atom. The molecular weight excluding hydrogens is 384 g/mol. The van der Waals surface area contributed by atoms with Gasteiger partial charge in [0.2, 0.25) is 5.78 Å². The minimum absolute atomic E-state index is 0.141. The summed E-state index contributed by atoms with van der Waals surface area (Å²) >= 11 is 1.21. The zero-order chi connectivity index (χ0) is 20.2. The molecule has 0 saturated heterocycles. The summed E-state index contributed by atoms with van der Waals surface area (Å²) in [6.07, 6.45) is 2.63. The summed E-state index contributed by atoms with van der Waals surface area (Å²) < 4.78 is 5.13. The van der Waals surface area contributed by atoms with Crippen molar-refractivity contribution in [1.29, 1.82) is 0 Å². The number of carbonyl (C=O) groups excluding carboxylic acids is 1. The first-order valence-electron chi connectivity index (χ1n) is 9.44. The largest absolute Gasteiger partial charge is 0.461 e. The van der Waals surface area contributed by atoms with Crippen LogP contribution in [0.25, 0.3) is 10.8 Å². The van der Waals surface area contributed by atoms with Crippen LogP contribution in [-0.4, -0.2) is 21.5 Å². The second-order valence-electron chi connectivity index (χ2n) is 6.65. The molecule has 0 amide bonds. The summed E-state index contributed by atoms with van der Waals surface area (Å²) in [6, 6.07) is 17.7. The molecule has 29 heavy (non-hydrogen) atoms. The zero-order valence-corrected chi connectivity index (χ0v) is 16.8. The lowest BCUT2D eigenvalue weighted by Crippen LogP contribution is -2.19. The third-order valence-electron chi connectivity index (χ3n) is 4.81. The number of furan rings is 1. The molecule has 0 aliphatic carbocycles. The molecule has 2 heterocycles. The van der Waals surface area contributed by atoms with Gasteiger partial charge in [0.05, 0.1) is 17.7 Å².